The molecule has 0 nitrogen and oxygen atoms in total. The molecule has 0 aliphatic heterocycles. The summed E-state index contributed by atoms with van der Waals surface area (Å²) in [5.74, 6) is 1.15. The monoisotopic (exact) mass is 216 g/mol. The first kappa shape index (κ1) is 10.9. The van der Waals surface area contributed by atoms with Crippen molar-refractivity contribution in [2.75, 3.05) is 0 Å². The van der Waals surface area contributed by atoms with E-state index < -0.39 is 0 Å². The Balaban J connectivity index is 2.97. The Bertz CT molecular complexity index is 292. The Hall–Kier alpha value is -0.200. The third-order valence-electron chi connectivity index (χ3n) is 2.47. The zero-order chi connectivity index (χ0) is 10.0. The number of benzene rings is 1. The number of hydrogen-bond donors (Lipinski definition) is 0. The van der Waals surface area contributed by atoms with Crippen LogP contribution in [0.4, 0.5) is 0 Å². The van der Waals surface area contributed by atoms with E-state index in [4.69, 9.17) is 23.2 Å². The average molecular weight is 217 g/mol. The Kier molecular flexibility index (Phi) is 3.63. The minimum absolute atomic E-state index is 0.523. The molecule has 0 saturated heterocycles. The molecule has 0 fully saturated rings. The van der Waals surface area contributed by atoms with Crippen LogP contribution in [0.15, 0.2) is 18.2 Å². The van der Waals surface area contributed by atoms with Crippen LogP contribution < -0.4 is 0 Å². The summed E-state index contributed by atoms with van der Waals surface area (Å²) in [6.07, 6.45) is 0. The molecule has 0 bridgehead atoms. The lowest BCUT2D eigenvalue weighted by molar-refractivity contribution is 0.535. The van der Waals surface area contributed by atoms with Crippen LogP contribution in [-0.4, -0.2) is 0 Å². The lowest BCUT2D eigenvalue weighted by atomic mass is 9.90. The van der Waals surface area contributed by atoms with Crippen molar-refractivity contribution >= 4 is 23.2 Å². The summed E-state index contributed by atoms with van der Waals surface area (Å²) >= 11 is 11.8. The molecule has 1 unspecified atom stereocenters. The molecule has 0 N–H and O–H groups in total. The van der Waals surface area contributed by atoms with Gasteiger partial charge in [-0.1, -0.05) is 50.0 Å². The highest BCUT2D eigenvalue weighted by Crippen LogP contribution is 2.29. The quantitative estimate of drug-likeness (QED) is 0.670. The zero-order valence-electron chi connectivity index (χ0n) is 8.14. The number of hydrogen-bond acceptors (Lipinski definition) is 0. The second-order valence-corrected chi connectivity index (χ2v) is 4.52. The van der Waals surface area contributed by atoms with Gasteiger partial charge in [0.05, 0.1) is 10.0 Å². The normalized spacial score (nSPS) is 13.4. The predicted octanol–water partition coefficient (Wildman–Crippen LogP) is 4.75. The third-order valence-corrected chi connectivity index (χ3v) is 3.21. The predicted molar refractivity (Wildman–Crippen MR) is 59.7 cm³/mol. The highest BCUT2D eigenvalue weighted by molar-refractivity contribution is 6.42. The van der Waals surface area contributed by atoms with E-state index in [0.29, 0.717) is 21.9 Å². The summed E-state index contributed by atoms with van der Waals surface area (Å²) in [7, 11) is 0. The van der Waals surface area contributed by atoms with Gasteiger partial charge in [0.25, 0.3) is 0 Å². The molecule has 0 aromatic heterocycles. The first-order chi connectivity index (χ1) is 6.02. The Labute approximate surface area is 89.9 Å². The van der Waals surface area contributed by atoms with Gasteiger partial charge in [-0.05, 0) is 29.5 Å². The highest BCUT2D eigenvalue weighted by atomic mass is 35.5. The van der Waals surface area contributed by atoms with Crippen molar-refractivity contribution in [2.45, 2.75) is 26.7 Å². The molecule has 72 valence electrons. The zero-order valence-corrected chi connectivity index (χ0v) is 9.65. The van der Waals surface area contributed by atoms with Crippen molar-refractivity contribution < 1.29 is 0 Å². The SMILES string of the molecule is CC(C)C(C)c1ccc(Cl)c(Cl)c1. The lowest BCUT2D eigenvalue weighted by Gasteiger charge is -2.16. The molecule has 0 aliphatic rings. The van der Waals surface area contributed by atoms with Gasteiger partial charge in [-0.3, -0.25) is 0 Å². The molecule has 1 aromatic carbocycles. The van der Waals surface area contributed by atoms with Crippen LogP contribution in [0.5, 0.6) is 0 Å². The molecule has 1 atom stereocenters. The van der Waals surface area contributed by atoms with E-state index >= 15 is 0 Å². The van der Waals surface area contributed by atoms with Gasteiger partial charge in [-0.25, -0.2) is 0 Å². The molecular formula is C11H14Cl2. The van der Waals surface area contributed by atoms with Crippen molar-refractivity contribution in [1.29, 1.82) is 0 Å². The van der Waals surface area contributed by atoms with Crippen LogP contribution in [0.3, 0.4) is 0 Å². The Morgan fingerprint density at radius 1 is 1.00 bits per heavy atom. The van der Waals surface area contributed by atoms with E-state index in [0.717, 1.165) is 0 Å². The fourth-order valence-electron chi connectivity index (χ4n) is 1.18. The van der Waals surface area contributed by atoms with Crippen molar-refractivity contribution in [1.82, 2.24) is 0 Å². The summed E-state index contributed by atoms with van der Waals surface area (Å²) < 4.78 is 0. The van der Waals surface area contributed by atoms with Crippen LogP contribution in [0.25, 0.3) is 0 Å². The maximum Gasteiger partial charge on any atom is 0.0595 e. The number of rotatable bonds is 2. The summed E-state index contributed by atoms with van der Waals surface area (Å²) in [5.41, 5.74) is 1.25. The Morgan fingerprint density at radius 2 is 1.62 bits per heavy atom. The molecule has 0 heterocycles. The van der Waals surface area contributed by atoms with E-state index in [9.17, 15) is 0 Å². The van der Waals surface area contributed by atoms with Gasteiger partial charge in [0.2, 0.25) is 0 Å². The van der Waals surface area contributed by atoms with Gasteiger partial charge in [-0.15, -0.1) is 0 Å². The summed E-state index contributed by atoms with van der Waals surface area (Å²) in [6.45, 7) is 6.60. The summed E-state index contributed by atoms with van der Waals surface area (Å²) in [5, 5.41) is 1.27. The molecular weight excluding hydrogens is 203 g/mol. The van der Waals surface area contributed by atoms with Crippen LogP contribution in [0.2, 0.25) is 10.0 Å². The lowest BCUT2D eigenvalue weighted by Crippen LogP contribution is -2.01. The molecule has 0 aliphatic carbocycles. The van der Waals surface area contributed by atoms with E-state index in [1.54, 1.807) is 0 Å². The van der Waals surface area contributed by atoms with E-state index in [-0.39, 0.29) is 0 Å². The van der Waals surface area contributed by atoms with Crippen molar-refractivity contribution in [3.8, 4) is 0 Å². The van der Waals surface area contributed by atoms with Gasteiger partial charge < -0.3 is 0 Å². The van der Waals surface area contributed by atoms with E-state index in [2.05, 4.69) is 20.8 Å². The molecule has 0 spiro atoms. The average Bonchev–Trinajstić information content (AvgIpc) is 2.08. The molecule has 0 radical (unpaired) electrons. The summed E-state index contributed by atoms with van der Waals surface area (Å²) in [4.78, 5) is 0. The number of halogens is 2. The van der Waals surface area contributed by atoms with Crippen LogP contribution in [0, 0.1) is 5.92 Å². The van der Waals surface area contributed by atoms with Gasteiger partial charge in [-0.2, -0.15) is 0 Å². The summed E-state index contributed by atoms with van der Waals surface area (Å²) in [6, 6.07) is 5.85. The molecule has 0 amide bonds. The van der Waals surface area contributed by atoms with Crippen LogP contribution in [0.1, 0.15) is 32.3 Å². The highest BCUT2D eigenvalue weighted by Gasteiger charge is 2.10. The standard InChI is InChI=1S/C11H14Cl2/c1-7(2)8(3)9-4-5-10(12)11(13)6-9/h4-8H,1-3H3. The largest absolute Gasteiger partial charge is 0.0827 e. The van der Waals surface area contributed by atoms with Crippen molar-refractivity contribution in [3.63, 3.8) is 0 Å². The first-order valence-corrected chi connectivity index (χ1v) is 5.23. The van der Waals surface area contributed by atoms with Crippen molar-refractivity contribution in [2.24, 2.45) is 5.92 Å². The fourth-order valence-corrected chi connectivity index (χ4v) is 1.49. The van der Waals surface area contributed by atoms with Crippen LogP contribution >= 0.6 is 23.2 Å². The molecule has 2 heteroatoms. The van der Waals surface area contributed by atoms with Gasteiger partial charge in [0, 0.05) is 0 Å². The minimum atomic E-state index is 0.523. The van der Waals surface area contributed by atoms with Gasteiger partial charge >= 0.3 is 0 Å². The van der Waals surface area contributed by atoms with Gasteiger partial charge in [0.15, 0.2) is 0 Å². The van der Waals surface area contributed by atoms with E-state index in [1.165, 1.54) is 5.56 Å². The topological polar surface area (TPSA) is 0 Å². The third kappa shape index (κ3) is 2.62. The maximum atomic E-state index is 5.93. The second kappa shape index (κ2) is 4.34. The van der Waals surface area contributed by atoms with Crippen LogP contribution in [-0.2, 0) is 0 Å². The van der Waals surface area contributed by atoms with E-state index in [1.807, 2.05) is 18.2 Å². The van der Waals surface area contributed by atoms with Crippen molar-refractivity contribution in [3.05, 3.63) is 33.8 Å². The molecule has 1 aromatic rings. The fraction of sp³-hybridized carbons (Fsp3) is 0.455. The minimum Gasteiger partial charge on any atom is -0.0827 e. The first-order valence-electron chi connectivity index (χ1n) is 4.47. The maximum absolute atomic E-state index is 5.93. The van der Waals surface area contributed by atoms with Gasteiger partial charge in [0.1, 0.15) is 0 Å². The molecule has 0 saturated carbocycles. The smallest absolute Gasteiger partial charge is 0.0595 e. The molecule has 1 rings (SSSR count). The second-order valence-electron chi connectivity index (χ2n) is 3.71. The Morgan fingerprint density at radius 3 is 2.08 bits per heavy atom. The molecule has 13 heavy (non-hydrogen) atoms.